The fourth-order valence-electron chi connectivity index (χ4n) is 1.73. The van der Waals surface area contributed by atoms with Crippen LogP contribution < -0.4 is 26.6 Å². The van der Waals surface area contributed by atoms with Crippen molar-refractivity contribution in [2.24, 2.45) is 5.84 Å². The highest BCUT2D eigenvalue weighted by molar-refractivity contribution is 5.68. The molecule has 2 aromatic rings. The third-order valence-corrected chi connectivity index (χ3v) is 2.67. The summed E-state index contributed by atoms with van der Waals surface area (Å²) in [7, 11) is 3.48. The Morgan fingerprint density at radius 3 is 2.68 bits per heavy atom. The lowest BCUT2D eigenvalue weighted by Gasteiger charge is -2.21. The predicted molar refractivity (Wildman–Crippen MR) is 75.3 cm³/mol. The highest BCUT2D eigenvalue weighted by Gasteiger charge is 2.12. The number of nitrogens with two attached hydrogens (primary N) is 2. The summed E-state index contributed by atoms with van der Waals surface area (Å²) in [5.41, 5.74) is 8.97. The Morgan fingerprint density at radius 1 is 1.26 bits per heavy atom. The molecule has 5 N–H and O–H groups in total. The van der Waals surface area contributed by atoms with Gasteiger partial charge in [0.1, 0.15) is 17.4 Å². The minimum Gasteiger partial charge on any atom is -0.495 e. The van der Waals surface area contributed by atoms with Crippen molar-refractivity contribution in [3.63, 3.8) is 0 Å². The molecule has 19 heavy (non-hydrogen) atoms. The van der Waals surface area contributed by atoms with E-state index in [-0.39, 0.29) is 5.95 Å². The Kier molecular flexibility index (Phi) is 3.67. The van der Waals surface area contributed by atoms with E-state index in [4.69, 9.17) is 16.3 Å². The Balaban J connectivity index is 2.43. The Bertz CT molecular complexity index is 574. The van der Waals surface area contributed by atoms with E-state index in [0.717, 1.165) is 11.4 Å². The molecule has 0 aliphatic heterocycles. The largest absolute Gasteiger partial charge is 0.495 e. The van der Waals surface area contributed by atoms with Crippen LogP contribution in [-0.4, -0.2) is 24.1 Å². The van der Waals surface area contributed by atoms with Crippen LogP contribution in [0.3, 0.4) is 0 Å². The van der Waals surface area contributed by atoms with Crippen molar-refractivity contribution in [2.75, 3.05) is 30.2 Å². The van der Waals surface area contributed by atoms with Gasteiger partial charge in [0, 0.05) is 13.1 Å². The third kappa shape index (κ3) is 2.66. The first-order chi connectivity index (χ1) is 9.15. The zero-order chi connectivity index (χ0) is 13.8. The fraction of sp³-hybridized carbons (Fsp3) is 0.167. The number of nitrogens with zero attached hydrogens (tertiary/aromatic N) is 3. The maximum atomic E-state index is 5.65. The summed E-state index contributed by atoms with van der Waals surface area (Å²) in [4.78, 5) is 9.96. The summed E-state index contributed by atoms with van der Waals surface area (Å²) in [6.45, 7) is 0. The van der Waals surface area contributed by atoms with E-state index in [1.165, 1.54) is 0 Å². The van der Waals surface area contributed by atoms with Crippen molar-refractivity contribution in [2.45, 2.75) is 0 Å². The van der Waals surface area contributed by atoms with Crippen LogP contribution in [0.15, 0.2) is 30.3 Å². The minimum absolute atomic E-state index is 0.146. The summed E-state index contributed by atoms with van der Waals surface area (Å²) >= 11 is 0. The van der Waals surface area contributed by atoms with Gasteiger partial charge in [-0.2, -0.15) is 9.97 Å². The normalized spacial score (nSPS) is 10.1. The number of hydrogen-bond donors (Lipinski definition) is 3. The van der Waals surface area contributed by atoms with Gasteiger partial charge in [-0.3, -0.25) is 0 Å². The second-order valence-electron chi connectivity index (χ2n) is 3.84. The fourth-order valence-corrected chi connectivity index (χ4v) is 1.73. The maximum Gasteiger partial charge on any atom is 0.224 e. The SMILES string of the molecule is COc1ccccc1N(C)c1cc(NN)nc(N)n1. The molecule has 2 rings (SSSR count). The number of aromatic nitrogens is 2. The number of para-hydroxylation sites is 2. The van der Waals surface area contributed by atoms with E-state index < -0.39 is 0 Å². The van der Waals surface area contributed by atoms with Gasteiger partial charge in [0.25, 0.3) is 0 Å². The lowest BCUT2D eigenvalue weighted by molar-refractivity contribution is 0.415. The Morgan fingerprint density at radius 2 is 2.00 bits per heavy atom. The van der Waals surface area contributed by atoms with Crippen LogP contribution in [0.25, 0.3) is 0 Å². The average molecular weight is 260 g/mol. The van der Waals surface area contributed by atoms with Gasteiger partial charge in [0.05, 0.1) is 12.8 Å². The molecule has 0 unspecified atom stereocenters. The third-order valence-electron chi connectivity index (χ3n) is 2.67. The molecule has 0 bridgehead atoms. The van der Waals surface area contributed by atoms with Crippen molar-refractivity contribution < 1.29 is 4.74 Å². The van der Waals surface area contributed by atoms with Crippen LogP contribution in [0.2, 0.25) is 0 Å². The van der Waals surface area contributed by atoms with Crippen LogP contribution in [0.5, 0.6) is 5.75 Å². The van der Waals surface area contributed by atoms with Crippen molar-refractivity contribution in [1.82, 2.24) is 9.97 Å². The van der Waals surface area contributed by atoms with Gasteiger partial charge in [-0.25, -0.2) is 5.84 Å². The van der Waals surface area contributed by atoms with Gasteiger partial charge < -0.3 is 20.8 Å². The zero-order valence-corrected chi connectivity index (χ0v) is 10.8. The quantitative estimate of drug-likeness (QED) is 0.559. The molecule has 1 aromatic heterocycles. The van der Waals surface area contributed by atoms with Gasteiger partial charge in [-0.05, 0) is 12.1 Å². The smallest absolute Gasteiger partial charge is 0.224 e. The van der Waals surface area contributed by atoms with Crippen LogP contribution >= 0.6 is 0 Å². The van der Waals surface area contributed by atoms with Crippen LogP contribution in [-0.2, 0) is 0 Å². The zero-order valence-electron chi connectivity index (χ0n) is 10.8. The first kappa shape index (κ1) is 12.9. The summed E-state index contributed by atoms with van der Waals surface area (Å²) in [5.74, 6) is 7.29. The van der Waals surface area contributed by atoms with Gasteiger partial charge >= 0.3 is 0 Å². The number of nitrogens with one attached hydrogen (secondary N) is 1. The minimum atomic E-state index is 0.146. The first-order valence-electron chi connectivity index (χ1n) is 5.63. The summed E-state index contributed by atoms with van der Waals surface area (Å²) in [6, 6.07) is 9.31. The van der Waals surface area contributed by atoms with E-state index in [2.05, 4.69) is 15.4 Å². The molecule has 0 fully saturated rings. The van der Waals surface area contributed by atoms with E-state index in [1.807, 2.05) is 36.2 Å². The number of hydrogen-bond acceptors (Lipinski definition) is 7. The molecular formula is C12H16N6O. The Hall–Kier alpha value is -2.54. The highest BCUT2D eigenvalue weighted by Crippen LogP contribution is 2.31. The molecule has 0 atom stereocenters. The van der Waals surface area contributed by atoms with Crippen LogP contribution in [0, 0.1) is 0 Å². The topological polar surface area (TPSA) is 102 Å². The molecule has 0 saturated heterocycles. The molecule has 0 radical (unpaired) electrons. The van der Waals surface area contributed by atoms with Crippen LogP contribution in [0.4, 0.5) is 23.3 Å². The Labute approximate surface area is 111 Å². The molecule has 0 aliphatic carbocycles. The number of hydrazine groups is 1. The number of methoxy groups -OCH3 is 1. The average Bonchev–Trinajstić information content (AvgIpc) is 2.45. The van der Waals surface area contributed by atoms with E-state index in [9.17, 15) is 0 Å². The molecule has 1 aromatic carbocycles. The molecule has 100 valence electrons. The van der Waals surface area contributed by atoms with Crippen molar-refractivity contribution >= 4 is 23.3 Å². The molecule has 0 amide bonds. The maximum absolute atomic E-state index is 5.65. The lowest BCUT2D eigenvalue weighted by atomic mass is 10.2. The van der Waals surface area contributed by atoms with Crippen molar-refractivity contribution in [1.29, 1.82) is 0 Å². The molecule has 7 nitrogen and oxygen atoms in total. The van der Waals surface area contributed by atoms with Crippen LogP contribution in [0.1, 0.15) is 0 Å². The van der Waals surface area contributed by atoms with Gasteiger partial charge in [-0.1, -0.05) is 12.1 Å². The monoisotopic (exact) mass is 260 g/mol. The molecular weight excluding hydrogens is 244 g/mol. The van der Waals surface area contributed by atoms with Gasteiger partial charge in [0.2, 0.25) is 5.95 Å². The number of benzene rings is 1. The summed E-state index contributed by atoms with van der Waals surface area (Å²) in [6.07, 6.45) is 0. The standard InChI is InChI=1S/C12H16N6O/c1-18(8-5-3-4-6-9(8)19-2)11-7-10(17-14)15-12(13)16-11/h3-7H,14H2,1-2H3,(H3,13,15,16,17). The number of nitrogen functional groups attached to an aromatic ring is 2. The van der Waals surface area contributed by atoms with Crippen molar-refractivity contribution in [3.8, 4) is 5.75 Å². The van der Waals surface area contributed by atoms with E-state index in [0.29, 0.717) is 11.6 Å². The number of ether oxygens (including phenoxy) is 1. The van der Waals surface area contributed by atoms with E-state index in [1.54, 1.807) is 13.2 Å². The summed E-state index contributed by atoms with van der Waals surface area (Å²) in [5, 5.41) is 0. The van der Waals surface area contributed by atoms with E-state index >= 15 is 0 Å². The lowest BCUT2D eigenvalue weighted by Crippen LogP contribution is -2.16. The van der Waals surface area contributed by atoms with Crippen molar-refractivity contribution in [3.05, 3.63) is 30.3 Å². The predicted octanol–water partition coefficient (Wildman–Crippen LogP) is 1.12. The molecule has 0 spiro atoms. The van der Waals surface area contributed by atoms with Gasteiger partial charge in [-0.15, -0.1) is 0 Å². The highest BCUT2D eigenvalue weighted by atomic mass is 16.5. The van der Waals surface area contributed by atoms with Gasteiger partial charge in [0.15, 0.2) is 0 Å². The molecule has 0 saturated carbocycles. The number of anilines is 4. The second kappa shape index (κ2) is 5.40. The number of rotatable bonds is 4. The molecule has 7 heteroatoms. The summed E-state index contributed by atoms with van der Waals surface area (Å²) < 4.78 is 5.32. The first-order valence-corrected chi connectivity index (χ1v) is 5.63. The molecule has 0 aliphatic rings. The molecule has 1 heterocycles. The second-order valence-corrected chi connectivity index (χ2v) is 3.84.